The highest BCUT2D eigenvalue weighted by molar-refractivity contribution is 5.93. The molecular weight excluding hydrogens is 374 g/mol. The van der Waals surface area contributed by atoms with Gasteiger partial charge in [-0.2, -0.15) is 14.0 Å². The molecule has 1 saturated carbocycles. The number of nitrogens with one attached hydrogen (secondary N) is 1. The Morgan fingerprint density at radius 1 is 1.21 bits per heavy atom. The molecule has 1 aliphatic carbocycles. The molecule has 9 heteroatoms. The van der Waals surface area contributed by atoms with E-state index >= 15 is 0 Å². The van der Waals surface area contributed by atoms with Crippen molar-refractivity contribution in [3.63, 3.8) is 0 Å². The van der Waals surface area contributed by atoms with Crippen LogP contribution in [0.4, 0.5) is 8.78 Å². The molecule has 0 spiro atoms. The molecule has 1 N–H and O–H groups in total. The molecule has 1 atom stereocenters. The van der Waals surface area contributed by atoms with E-state index < -0.39 is 30.1 Å². The first-order valence-corrected chi connectivity index (χ1v) is 8.87. The second kappa shape index (κ2) is 9.35. The van der Waals surface area contributed by atoms with Gasteiger partial charge in [0.25, 0.3) is 5.91 Å². The van der Waals surface area contributed by atoms with Crippen molar-refractivity contribution >= 4 is 11.9 Å². The van der Waals surface area contributed by atoms with Crippen LogP contribution in [-0.4, -0.2) is 37.2 Å². The Morgan fingerprint density at radius 3 is 2.46 bits per heavy atom. The molecule has 28 heavy (non-hydrogen) atoms. The third-order valence-electron chi connectivity index (χ3n) is 4.55. The maximum Gasteiger partial charge on any atom is 0.387 e. The SMILES string of the molecule is COc1cc(C(=O)O[C@H](C)C(=O)NC2(C#N)CCCCC2)ccc1OC(F)F. The third-order valence-corrected chi connectivity index (χ3v) is 4.55. The van der Waals surface area contributed by atoms with E-state index in [-0.39, 0.29) is 17.1 Å². The summed E-state index contributed by atoms with van der Waals surface area (Å²) in [5, 5.41) is 12.1. The highest BCUT2D eigenvalue weighted by Crippen LogP contribution is 2.30. The van der Waals surface area contributed by atoms with E-state index in [0.717, 1.165) is 25.3 Å². The minimum absolute atomic E-state index is 0.00535. The predicted molar refractivity (Wildman–Crippen MR) is 94.1 cm³/mol. The van der Waals surface area contributed by atoms with Crippen molar-refractivity contribution < 1.29 is 32.6 Å². The Morgan fingerprint density at radius 2 is 1.89 bits per heavy atom. The number of carbonyl (C=O) groups excluding carboxylic acids is 2. The maximum atomic E-state index is 12.4. The highest BCUT2D eigenvalue weighted by atomic mass is 19.3. The second-order valence-corrected chi connectivity index (χ2v) is 6.54. The zero-order valence-electron chi connectivity index (χ0n) is 15.7. The van der Waals surface area contributed by atoms with Gasteiger partial charge in [-0.3, -0.25) is 4.79 Å². The fraction of sp³-hybridized carbons (Fsp3) is 0.526. The third kappa shape index (κ3) is 5.31. The summed E-state index contributed by atoms with van der Waals surface area (Å²) in [4.78, 5) is 24.7. The molecule has 0 aliphatic heterocycles. The van der Waals surface area contributed by atoms with Gasteiger partial charge < -0.3 is 19.5 Å². The molecule has 0 bridgehead atoms. The van der Waals surface area contributed by atoms with Crippen LogP contribution in [0.3, 0.4) is 0 Å². The van der Waals surface area contributed by atoms with Gasteiger partial charge in [-0.1, -0.05) is 19.3 Å². The number of nitrogens with zero attached hydrogens (tertiary/aromatic N) is 1. The fourth-order valence-corrected chi connectivity index (χ4v) is 3.03. The molecule has 7 nitrogen and oxygen atoms in total. The molecular formula is C19H22F2N2O5. The Kier molecular flexibility index (Phi) is 7.15. The van der Waals surface area contributed by atoms with Crippen molar-refractivity contribution in [2.24, 2.45) is 0 Å². The normalized spacial score (nSPS) is 16.6. The van der Waals surface area contributed by atoms with Crippen molar-refractivity contribution in [2.75, 3.05) is 7.11 Å². The van der Waals surface area contributed by atoms with Crippen molar-refractivity contribution in [1.29, 1.82) is 5.26 Å². The molecule has 0 heterocycles. The molecule has 1 amide bonds. The van der Waals surface area contributed by atoms with E-state index in [1.807, 2.05) is 0 Å². The van der Waals surface area contributed by atoms with E-state index in [1.54, 1.807) is 0 Å². The molecule has 1 aliphatic rings. The number of methoxy groups -OCH3 is 1. The Labute approximate surface area is 161 Å². The van der Waals surface area contributed by atoms with Gasteiger partial charge in [-0.25, -0.2) is 4.79 Å². The Bertz CT molecular complexity index is 757. The molecule has 0 aromatic heterocycles. The summed E-state index contributed by atoms with van der Waals surface area (Å²) in [5.74, 6) is -1.70. The van der Waals surface area contributed by atoms with Crippen LogP contribution >= 0.6 is 0 Å². The lowest BCUT2D eigenvalue weighted by Gasteiger charge is -2.32. The number of carbonyl (C=O) groups is 2. The van der Waals surface area contributed by atoms with Crippen LogP contribution in [0.5, 0.6) is 11.5 Å². The number of benzene rings is 1. The molecule has 152 valence electrons. The minimum atomic E-state index is -3.04. The monoisotopic (exact) mass is 396 g/mol. The summed E-state index contributed by atoms with van der Waals surface area (Å²) in [7, 11) is 1.24. The molecule has 0 saturated heterocycles. The molecule has 0 unspecified atom stereocenters. The van der Waals surface area contributed by atoms with Crippen LogP contribution in [0, 0.1) is 11.3 Å². The van der Waals surface area contributed by atoms with Gasteiger partial charge in [0.2, 0.25) is 0 Å². The number of hydrogen-bond acceptors (Lipinski definition) is 6. The summed E-state index contributed by atoms with van der Waals surface area (Å²) in [6.07, 6.45) is 2.67. The standard InChI is InChI=1S/C19H22F2N2O5/c1-12(16(24)23-19(11-22)8-4-3-5-9-19)27-17(25)13-6-7-14(28-18(20)21)15(10-13)26-2/h6-7,10,12,18H,3-5,8-9H2,1-2H3,(H,23,24)/t12-/m1/s1. The van der Waals surface area contributed by atoms with Crippen molar-refractivity contribution in [3.05, 3.63) is 23.8 Å². The van der Waals surface area contributed by atoms with E-state index in [4.69, 9.17) is 9.47 Å². The number of ether oxygens (including phenoxy) is 3. The first-order chi connectivity index (χ1) is 13.3. The van der Waals surface area contributed by atoms with Gasteiger partial charge in [0, 0.05) is 0 Å². The number of alkyl halides is 2. The van der Waals surface area contributed by atoms with Crippen LogP contribution in [0.1, 0.15) is 49.4 Å². The lowest BCUT2D eigenvalue weighted by atomic mass is 9.83. The molecule has 1 aromatic carbocycles. The summed E-state index contributed by atoms with van der Waals surface area (Å²) in [6.45, 7) is -1.64. The van der Waals surface area contributed by atoms with Gasteiger partial charge in [0.1, 0.15) is 5.54 Å². The summed E-state index contributed by atoms with van der Waals surface area (Å²) < 4.78 is 39.1. The average molecular weight is 396 g/mol. The van der Waals surface area contributed by atoms with Gasteiger partial charge >= 0.3 is 12.6 Å². The van der Waals surface area contributed by atoms with Crippen LogP contribution in [0.25, 0.3) is 0 Å². The number of hydrogen-bond donors (Lipinski definition) is 1. The van der Waals surface area contributed by atoms with Gasteiger partial charge in [0.05, 0.1) is 18.7 Å². The van der Waals surface area contributed by atoms with Gasteiger partial charge in [-0.15, -0.1) is 0 Å². The van der Waals surface area contributed by atoms with Gasteiger partial charge in [0.15, 0.2) is 17.6 Å². The molecule has 0 radical (unpaired) electrons. The number of nitriles is 1. The smallest absolute Gasteiger partial charge is 0.387 e. The topological polar surface area (TPSA) is 97.6 Å². The van der Waals surface area contributed by atoms with Crippen molar-refractivity contribution in [1.82, 2.24) is 5.32 Å². The van der Waals surface area contributed by atoms with E-state index in [0.29, 0.717) is 12.8 Å². The van der Waals surface area contributed by atoms with Gasteiger partial charge in [-0.05, 0) is 38.0 Å². The van der Waals surface area contributed by atoms with E-state index in [2.05, 4.69) is 16.1 Å². The van der Waals surface area contributed by atoms with E-state index in [9.17, 15) is 23.6 Å². The lowest BCUT2D eigenvalue weighted by Crippen LogP contribution is -2.52. The number of halogens is 2. The number of rotatable bonds is 7. The Balaban J connectivity index is 2.03. The molecule has 1 fully saturated rings. The zero-order chi connectivity index (χ0) is 20.7. The lowest BCUT2D eigenvalue weighted by molar-refractivity contribution is -0.130. The summed E-state index contributed by atoms with van der Waals surface area (Å²) in [6, 6.07) is 5.72. The first kappa shape index (κ1) is 21.4. The average Bonchev–Trinajstić information content (AvgIpc) is 2.68. The predicted octanol–water partition coefficient (Wildman–Crippen LogP) is 3.18. The zero-order valence-corrected chi connectivity index (χ0v) is 15.7. The fourth-order valence-electron chi connectivity index (χ4n) is 3.03. The largest absolute Gasteiger partial charge is 0.493 e. The van der Waals surface area contributed by atoms with Crippen LogP contribution in [-0.2, 0) is 9.53 Å². The van der Waals surface area contributed by atoms with Crippen molar-refractivity contribution in [3.8, 4) is 17.6 Å². The van der Waals surface area contributed by atoms with Crippen LogP contribution in [0.2, 0.25) is 0 Å². The van der Waals surface area contributed by atoms with E-state index in [1.165, 1.54) is 26.2 Å². The Hall–Kier alpha value is -2.89. The van der Waals surface area contributed by atoms with Crippen LogP contribution in [0.15, 0.2) is 18.2 Å². The maximum absolute atomic E-state index is 12.4. The molecule has 1 aromatic rings. The summed E-state index contributed by atoms with van der Waals surface area (Å²) >= 11 is 0. The quantitative estimate of drug-likeness (QED) is 0.711. The van der Waals surface area contributed by atoms with Crippen LogP contribution < -0.4 is 14.8 Å². The minimum Gasteiger partial charge on any atom is -0.493 e. The number of esters is 1. The second-order valence-electron chi connectivity index (χ2n) is 6.54. The highest BCUT2D eigenvalue weighted by Gasteiger charge is 2.35. The van der Waals surface area contributed by atoms with Crippen molar-refractivity contribution in [2.45, 2.75) is 57.3 Å². The molecule has 2 rings (SSSR count). The number of amides is 1. The first-order valence-electron chi connectivity index (χ1n) is 8.87. The summed E-state index contributed by atoms with van der Waals surface area (Å²) in [5.41, 5.74) is -0.932.